The van der Waals surface area contributed by atoms with Gasteiger partial charge in [-0.2, -0.15) is 0 Å². The molecule has 0 unspecified atom stereocenters. The fraction of sp³-hybridized carbons (Fsp3) is 0.769. The number of aryl methyl sites for hydroxylation is 1. The van der Waals surface area contributed by atoms with Gasteiger partial charge in [-0.3, -0.25) is 0 Å². The quantitative estimate of drug-likeness (QED) is 0.834. The number of rotatable bonds is 5. The van der Waals surface area contributed by atoms with Gasteiger partial charge >= 0.3 is 0 Å². The van der Waals surface area contributed by atoms with E-state index in [1.165, 1.54) is 0 Å². The number of nitrogens with zero attached hydrogens (tertiary/aromatic N) is 2. The molecule has 1 rings (SSSR count). The number of nitrogens with two attached hydrogens (primary N) is 1. The molecule has 0 aliphatic heterocycles. The Kier molecular flexibility index (Phi) is 4.39. The van der Waals surface area contributed by atoms with Crippen LogP contribution in [-0.4, -0.2) is 9.55 Å². The van der Waals surface area contributed by atoms with E-state index in [1.807, 2.05) is 0 Å². The van der Waals surface area contributed by atoms with E-state index in [2.05, 4.69) is 44.2 Å². The van der Waals surface area contributed by atoms with Crippen molar-refractivity contribution in [3.05, 3.63) is 11.5 Å². The van der Waals surface area contributed by atoms with E-state index in [4.69, 9.17) is 5.73 Å². The van der Waals surface area contributed by atoms with E-state index in [-0.39, 0.29) is 0 Å². The lowest BCUT2D eigenvalue weighted by Crippen LogP contribution is -2.11. The molecule has 1 aromatic heterocycles. The van der Waals surface area contributed by atoms with Gasteiger partial charge in [0.15, 0.2) is 0 Å². The summed E-state index contributed by atoms with van der Waals surface area (Å²) in [5, 5.41) is 0. The first-order chi connectivity index (χ1) is 7.45. The van der Waals surface area contributed by atoms with Crippen LogP contribution in [0.1, 0.15) is 46.1 Å². The van der Waals surface area contributed by atoms with E-state index in [0.717, 1.165) is 36.7 Å². The highest BCUT2D eigenvalue weighted by Crippen LogP contribution is 2.20. The van der Waals surface area contributed by atoms with Crippen LogP contribution in [0.2, 0.25) is 0 Å². The first-order valence-corrected chi connectivity index (χ1v) is 6.29. The summed E-state index contributed by atoms with van der Waals surface area (Å²) < 4.78 is 2.18. The van der Waals surface area contributed by atoms with Gasteiger partial charge in [0, 0.05) is 13.0 Å². The summed E-state index contributed by atoms with van der Waals surface area (Å²) in [6.45, 7) is 11.9. The van der Waals surface area contributed by atoms with Gasteiger partial charge in [-0.25, -0.2) is 4.98 Å². The molecule has 0 fully saturated rings. The van der Waals surface area contributed by atoms with Crippen molar-refractivity contribution < 1.29 is 0 Å². The van der Waals surface area contributed by atoms with Crippen molar-refractivity contribution >= 4 is 5.82 Å². The summed E-state index contributed by atoms with van der Waals surface area (Å²) in [5.41, 5.74) is 7.25. The van der Waals surface area contributed by atoms with Crippen molar-refractivity contribution in [1.29, 1.82) is 0 Å². The molecule has 0 atom stereocenters. The van der Waals surface area contributed by atoms with Crippen LogP contribution in [0.15, 0.2) is 0 Å². The summed E-state index contributed by atoms with van der Waals surface area (Å²) in [7, 11) is 0. The smallest absolute Gasteiger partial charge is 0.126 e. The van der Waals surface area contributed by atoms with Gasteiger partial charge in [-0.05, 0) is 18.3 Å². The van der Waals surface area contributed by atoms with Crippen LogP contribution in [0.3, 0.4) is 0 Å². The molecule has 0 spiro atoms. The number of hydrogen-bond donors (Lipinski definition) is 1. The summed E-state index contributed by atoms with van der Waals surface area (Å²) in [6, 6.07) is 0. The maximum Gasteiger partial charge on any atom is 0.126 e. The fourth-order valence-corrected chi connectivity index (χ4v) is 1.94. The lowest BCUT2D eigenvalue weighted by Gasteiger charge is -2.11. The van der Waals surface area contributed by atoms with Gasteiger partial charge in [0.2, 0.25) is 0 Å². The zero-order valence-electron chi connectivity index (χ0n) is 11.2. The average molecular weight is 223 g/mol. The Morgan fingerprint density at radius 3 is 2.25 bits per heavy atom. The number of hydrogen-bond acceptors (Lipinski definition) is 2. The zero-order valence-corrected chi connectivity index (χ0v) is 11.2. The van der Waals surface area contributed by atoms with Gasteiger partial charge in [0.1, 0.15) is 11.6 Å². The minimum Gasteiger partial charge on any atom is -0.384 e. The molecule has 16 heavy (non-hydrogen) atoms. The molecular weight excluding hydrogens is 198 g/mol. The average Bonchev–Trinajstić information content (AvgIpc) is 2.44. The normalized spacial score (nSPS) is 11.7. The molecule has 3 nitrogen and oxygen atoms in total. The number of imidazole rings is 1. The molecule has 0 saturated heterocycles. The van der Waals surface area contributed by atoms with Crippen molar-refractivity contribution in [3.63, 3.8) is 0 Å². The Hall–Kier alpha value is -0.990. The van der Waals surface area contributed by atoms with E-state index in [0.29, 0.717) is 11.8 Å². The first kappa shape index (κ1) is 13.1. The SMILES string of the molecule is CCc1nc(CC(C)C)c(N)n1CC(C)C. The molecule has 0 radical (unpaired) electrons. The highest BCUT2D eigenvalue weighted by atomic mass is 15.1. The third kappa shape index (κ3) is 3.00. The van der Waals surface area contributed by atoms with E-state index in [9.17, 15) is 0 Å². The van der Waals surface area contributed by atoms with Crippen molar-refractivity contribution in [2.45, 2.75) is 54.0 Å². The zero-order chi connectivity index (χ0) is 12.3. The van der Waals surface area contributed by atoms with E-state index < -0.39 is 0 Å². The van der Waals surface area contributed by atoms with Crippen molar-refractivity contribution in [2.75, 3.05) is 5.73 Å². The van der Waals surface area contributed by atoms with Crippen LogP contribution in [-0.2, 0) is 19.4 Å². The van der Waals surface area contributed by atoms with Crippen molar-refractivity contribution in [2.24, 2.45) is 11.8 Å². The predicted octanol–water partition coefficient (Wildman–Crippen LogP) is 2.88. The Bertz CT molecular complexity index is 337. The molecule has 0 saturated carbocycles. The largest absolute Gasteiger partial charge is 0.384 e. The highest BCUT2D eigenvalue weighted by molar-refractivity contribution is 5.38. The second-order valence-electron chi connectivity index (χ2n) is 5.32. The van der Waals surface area contributed by atoms with Crippen LogP contribution >= 0.6 is 0 Å². The number of anilines is 1. The fourth-order valence-electron chi connectivity index (χ4n) is 1.94. The molecule has 0 bridgehead atoms. The second-order valence-corrected chi connectivity index (χ2v) is 5.32. The van der Waals surface area contributed by atoms with Crippen molar-refractivity contribution in [3.8, 4) is 0 Å². The summed E-state index contributed by atoms with van der Waals surface area (Å²) >= 11 is 0. The maximum absolute atomic E-state index is 6.18. The molecule has 1 aromatic rings. The molecule has 1 heterocycles. The van der Waals surface area contributed by atoms with E-state index >= 15 is 0 Å². The van der Waals surface area contributed by atoms with Gasteiger partial charge in [-0.1, -0.05) is 34.6 Å². The molecule has 92 valence electrons. The molecule has 0 aromatic carbocycles. The van der Waals surface area contributed by atoms with Gasteiger partial charge in [0.05, 0.1) is 5.69 Å². The first-order valence-electron chi connectivity index (χ1n) is 6.29. The maximum atomic E-state index is 6.18. The summed E-state index contributed by atoms with van der Waals surface area (Å²) in [6.07, 6.45) is 1.93. The summed E-state index contributed by atoms with van der Waals surface area (Å²) in [5.74, 6) is 3.21. The van der Waals surface area contributed by atoms with Crippen LogP contribution in [0.25, 0.3) is 0 Å². The molecule has 3 heteroatoms. The minimum absolute atomic E-state index is 0.605. The van der Waals surface area contributed by atoms with E-state index in [1.54, 1.807) is 0 Å². The molecule has 0 aliphatic rings. The minimum atomic E-state index is 0.605. The Balaban J connectivity index is 3.00. The van der Waals surface area contributed by atoms with Crippen LogP contribution < -0.4 is 5.73 Å². The third-order valence-electron chi connectivity index (χ3n) is 2.63. The van der Waals surface area contributed by atoms with Gasteiger partial charge in [-0.15, -0.1) is 0 Å². The van der Waals surface area contributed by atoms with Crippen LogP contribution in [0.4, 0.5) is 5.82 Å². The van der Waals surface area contributed by atoms with Gasteiger partial charge < -0.3 is 10.3 Å². The molecule has 0 aliphatic carbocycles. The molecule has 2 N–H and O–H groups in total. The predicted molar refractivity (Wildman–Crippen MR) is 69.4 cm³/mol. The Labute approximate surface area is 99.1 Å². The van der Waals surface area contributed by atoms with Gasteiger partial charge in [0.25, 0.3) is 0 Å². The lowest BCUT2D eigenvalue weighted by molar-refractivity contribution is 0.513. The number of aromatic nitrogens is 2. The standard InChI is InChI=1S/C13H25N3/c1-6-12-15-11(7-9(2)3)13(14)16(12)8-10(4)5/h9-10H,6-8,14H2,1-5H3. The summed E-state index contributed by atoms with van der Waals surface area (Å²) in [4.78, 5) is 4.66. The lowest BCUT2D eigenvalue weighted by atomic mass is 10.1. The topological polar surface area (TPSA) is 43.8 Å². The number of nitrogen functional groups attached to an aromatic ring is 1. The van der Waals surface area contributed by atoms with Crippen LogP contribution in [0, 0.1) is 11.8 Å². The Morgan fingerprint density at radius 2 is 1.81 bits per heavy atom. The third-order valence-corrected chi connectivity index (χ3v) is 2.63. The second kappa shape index (κ2) is 5.37. The molecular formula is C13H25N3. The Morgan fingerprint density at radius 1 is 1.19 bits per heavy atom. The highest BCUT2D eigenvalue weighted by Gasteiger charge is 2.14. The van der Waals surface area contributed by atoms with Crippen LogP contribution in [0.5, 0.6) is 0 Å². The van der Waals surface area contributed by atoms with Crippen molar-refractivity contribution in [1.82, 2.24) is 9.55 Å². The monoisotopic (exact) mass is 223 g/mol. The molecule has 0 amide bonds.